The van der Waals surface area contributed by atoms with E-state index in [1.165, 1.54) is 38.8 Å². The highest BCUT2D eigenvalue weighted by atomic mass is 16.3. The summed E-state index contributed by atoms with van der Waals surface area (Å²) < 4.78 is 5.69. The Morgan fingerprint density at radius 1 is 1.41 bits per heavy atom. The molecule has 0 amide bonds. The minimum atomic E-state index is 0.540. The predicted molar refractivity (Wildman–Crippen MR) is 71.4 cm³/mol. The molecule has 0 N–H and O–H groups in total. The SMILES string of the molecule is Cc1ccc([C@H](C)CCN2CCCC[C@H]2C)o1. The molecule has 2 heterocycles. The van der Waals surface area contributed by atoms with Crippen LogP contribution in [0.1, 0.15) is 57.0 Å². The van der Waals surface area contributed by atoms with E-state index in [0.717, 1.165) is 17.6 Å². The minimum absolute atomic E-state index is 0.540. The number of rotatable bonds is 4. The third kappa shape index (κ3) is 3.35. The van der Waals surface area contributed by atoms with Gasteiger partial charge >= 0.3 is 0 Å². The maximum Gasteiger partial charge on any atom is 0.107 e. The van der Waals surface area contributed by atoms with E-state index in [9.17, 15) is 0 Å². The van der Waals surface area contributed by atoms with E-state index in [2.05, 4.69) is 30.9 Å². The lowest BCUT2D eigenvalue weighted by atomic mass is 10.0. The molecule has 17 heavy (non-hydrogen) atoms. The first-order valence-electron chi connectivity index (χ1n) is 6.97. The number of likely N-dealkylation sites (tertiary alicyclic amines) is 1. The van der Waals surface area contributed by atoms with Gasteiger partial charge in [-0.1, -0.05) is 13.3 Å². The number of nitrogens with zero attached hydrogens (tertiary/aromatic N) is 1. The molecule has 96 valence electrons. The van der Waals surface area contributed by atoms with E-state index in [0.29, 0.717) is 5.92 Å². The maximum atomic E-state index is 5.69. The Morgan fingerprint density at radius 2 is 2.24 bits per heavy atom. The Bertz CT molecular complexity index is 344. The summed E-state index contributed by atoms with van der Waals surface area (Å²) >= 11 is 0. The average Bonchev–Trinajstić information content (AvgIpc) is 2.74. The third-order valence-corrected chi connectivity index (χ3v) is 4.04. The van der Waals surface area contributed by atoms with Crippen LogP contribution in [0.2, 0.25) is 0 Å². The van der Waals surface area contributed by atoms with Crippen molar-refractivity contribution in [3.8, 4) is 0 Å². The second-order valence-corrected chi connectivity index (χ2v) is 5.52. The Labute approximate surface area is 105 Å². The molecule has 0 bridgehead atoms. The van der Waals surface area contributed by atoms with Gasteiger partial charge in [-0.3, -0.25) is 0 Å². The van der Waals surface area contributed by atoms with Crippen LogP contribution >= 0.6 is 0 Å². The van der Waals surface area contributed by atoms with Gasteiger partial charge in [0.05, 0.1) is 0 Å². The third-order valence-electron chi connectivity index (χ3n) is 4.04. The largest absolute Gasteiger partial charge is 0.466 e. The van der Waals surface area contributed by atoms with E-state index in [4.69, 9.17) is 4.42 Å². The van der Waals surface area contributed by atoms with Crippen LogP contribution < -0.4 is 0 Å². The number of furan rings is 1. The lowest BCUT2D eigenvalue weighted by Gasteiger charge is -2.33. The normalized spacial score (nSPS) is 23.8. The summed E-state index contributed by atoms with van der Waals surface area (Å²) in [6, 6.07) is 4.96. The summed E-state index contributed by atoms with van der Waals surface area (Å²) in [5.41, 5.74) is 0. The molecule has 0 aliphatic carbocycles. The number of hydrogen-bond acceptors (Lipinski definition) is 2. The molecule has 0 unspecified atom stereocenters. The lowest BCUT2D eigenvalue weighted by Crippen LogP contribution is -2.38. The van der Waals surface area contributed by atoms with Crippen molar-refractivity contribution in [1.82, 2.24) is 4.90 Å². The van der Waals surface area contributed by atoms with Gasteiger partial charge in [0.1, 0.15) is 11.5 Å². The van der Waals surface area contributed by atoms with E-state index in [-0.39, 0.29) is 0 Å². The molecule has 2 nitrogen and oxygen atoms in total. The molecule has 1 saturated heterocycles. The molecule has 0 saturated carbocycles. The van der Waals surface area contributed by atoms with Crippen molar-refractivity contribution in [2.45, 2.75) is 58.4 Å². The lowest BCUT2D eigenvalue weighted by molar-refractivity contribution is 0.155. The highest BCUT2D eigenvalue weighted by Crippen LogP contribution is 2.23. The van der Waals surface area contributed by atoms with Crippen LogP contribution in [-0.4, -0.2) is 24.0 Å². The zero-order valence-corrected chi connectivity index (χ0v) is 11.4. The van der Waals surface area contributed by atoms with Crippen molar-refractivity contribution in [1.29, 1.82) is 0 Å². The van der Waals surface area contributed by atoms with Gasteiger partial charge in [0.2, 0.25) is 0 Å². The van der Waals surface area contributed by atoms with Crippen LogP contribution in [0.25, 0.3) is 0 Å². The topological polar surface area (TPSA) is 16.4 Å². The van der Waals surface area contributed by atoms with E-state index < -0.39 is 0 Å². The van der Waals surface area contributed by atoms with Gasteiger partial charge < -0.3 is 9.32 Å². The van der Waals surface area contributed by atoms with Crippen molar-refractivity contribution in [2.75, 3.05) is 13.1 Å². The van der Waals surface area contributed by atoms with Gasteiger partial charge in [-0.25, -0.2) is 0 Å². The van der Waals surface area contributed by atoms with Crippen LogP contribution in [-0.2, 0) is 0 Å². The zero-order valence-electron chi connectivity index (χ0n) is 11.4. The summed E-state index contributed by atoms with van der Waals surface area (Å²) in [5.74, 6) is 2.71. The first kappa shape index (κ1) is 12.7. The van der Waals surface area contributed by atoms with Gasteiger partial charge in [0.25, 0.3) is 0 Å². The highest BCUT2D eigenvalue weighted by molar-refractivity contribution is 5.09. The molecule has 1 aliphatic rings. The van der Waals surface area contributed by atoms with E-state index >= 15 is 0 Å². The first-order valence-corrected chi connectivity index (χ1v) is 6.97. The van der Waals surface area contributed by atoms with E-state index in [1.54, 1.807) is 0 Å². The molecule has 2 atom stereocenters. The van der Waals surface area contributed by atoms with E-state index in [1.807, 2.05) is 6.92 Å². The number of hydrogen-bond donors (Lipinski definition) is 0. The fourth-order valence-corrected chi connectivity index (χ4v) is 2.71. The van der Waals surface area contributed by atoms with Crippen LogP contribution in [0.15, 0.2) is 16.5 Å². The Hall–Kier alpha value is -0.760. The maximum absolute atomic E-state index is 5.69. The second kappa shape index (κ2) is 5.72. The van der Waals surface area contributed by atoms with Crippen LogP contribution in [0.4, 0.5) is 0 Å². The van der Waals surface area contributed by atoms with Crippen molar-refractivity contribution in [3.05, 3.63) is 23.7 Å². The molecule has 1 fully saturated rings. The molecule has 2 rings (SSSR count). The van der Waals surface area contributed by atoms with Crippen LogP contribution in [0, 0.1) is 6.92 Å². The molecule has 1 aromatic rings. The molecule has 0 spiro atoms. The monoisotopic (exact) mass is 235 g/mol. The molecule has 2 heteroatoms. The smallest absolute Gasteiger partial charge is 0.107 e. The number of aryl methyl sites for hydroxylation is 1. The van der Waals surface area contributed by atoms with Crippen molar-refractivity contribution >= 4 is 0 Å². The summed E-state index contributed by atoms with van der Waals surface area (Å²) in [4.78, 5) is 2.63. The standard InChI is InChI=1S/C15H25NO/c1-12(15-8-7-14(3)17-15)9-11-16-10-5-4-6-13(16)2/h7-8,12-13H,4-6,9-11H2,1-3H3/t12-,13-/m1/s1. The Morgan fingerprint density at radius 3 is 2.88 bits per heavy atom. The number of piperidine rings is 1. The van der Waals surface area contributed by atoms with Crippen molar-refractivity contribution < 1.29 is 4.42 Å². The zero-order chi connectivity index (χ0) is 12.3. The summed E-state index contributed by atoms with van der Waals surface area (Å²) in [6.07, 6.45) is 5.36. The fraction of sp³-hybridized carbons (Fsp3) is 0.733. The Kier molecular flexibility index (Phi) is 4.27. The summed E-state index contributed by atoms with van der Waals surface area (Å²) in [7, 11) is 0. The second-order valence-electron chi connectivity index (χ2n) is 5.52. The van der Waals surface area contributed by atoms with Gasteiger partial charge in [0.15, 0.2) is 0 Å². The average molecular weight is 235 g/mol. The molecule has 1 aliphatic heterocycles. The quantitative estimate of drug-likeness (QED) is 0.785. The predicted octanol–water partition coefficient (Wildman–Crippen LogP) is 3.96. The summed E-state index contributed by atoms with van der Waals surface area (Å²) in [5, 5.41) is 0. The van der Waals surface area contributed by atoms with Crippen LogP contribution in [0.5, 0.6) is 0 Å². The van der Waals surface area contributed by atoms with Crippen molar-refractivity contribution in [2.24, 2.45) is 0 Å². The molecule has 1 aromatic heterocycles. The Balaban J connectivity index is 1.81. The first-order chi connectivity index (χ1) is 8.16. The van der Waals surface area contributed by atoms with Gasteiger partial charge in [-0.2, -0.15) is 0 Å². The molecular weight excluding hydrogens is 210 g/mol. The van der Waals surface area contributed by atoms with Crippen molar-refractivity contribution in [3.63, 3.8) is 0 Å². The minimum Gasteiger partial charge on any atom is -0.466 e. The summed E-state index contributed by atoms with van der Waals surface area (Å²) in [6.45, 7) is 9.14. The van der Waals surface area contributed by atoms with Gasteiger partial charge in [-0.15, -0.1) is 0 Å². The molecular formula is C15H25NO. The molecule has 0 aromatic carbocycles. The van der Waals surface area contributed by atoms with Crippen LogP contribution in [0.3, 0.4) is 0 Å². The van der Waals surface area contributed by atoms with Gasteiger partial charge in [-0.05, 0) is 58.3 Å². The van der Waals surface area contributed by atoms with Gasteiger partial charge in [0, 0.05) is 12.0 Å². The fourth-order valence-electron chi connectivity index (χ4n) is 2.71. The molecule has 0 radical (unpaired) electrons. The highest BCUT2D eigenvalue weighted by Gasteiger charge is 2.19.